The molecule has 20 heavy (non-hydrogen) atoms. The minimum Gasteiger partial charge on any atom is -0.493 e. The van der Waals surface area contributed by atoms with Crippen molar-refractivity contribution >= 4 is 33.2 Å². The molecule has 1 amide bonds. The van der Waals surface area contributed by atoms with Gasteiger partial charge >= 0.3 is 0 Å². The van der Waals surface area contributed by atoms with Crippen molar-refractivity contribution in [2.24, 2.45) is 0 Å². The predicted molar refractivity (Wildman–Crippen MR) is 81.5 cm³/mol. The highest BCUT2D eigenvalue weighted by Gasteiger charge is 2.03. The van der Waals surface area contributed by atoms with E-state index in [9.17, 15) is 4.79 Å². The zero-order chi connectivity index (χ0) is 14.4. The first-order valence-corrected chi connectivity index (χ1v) is 6.82. The number of nitrogens with zero attached hydrogens (tertiary/aromatic N) is 1. The van der Waals surface area contributed by atoms with Crippen LogP contribution in [0.25, 0.3) is 0 Å². The van der Waals surface area contributed by atoms with Gasteiger partial charge in [-0.1, -0.05) is 6.07 Å². The number of nitrogens with two attached hydrogens (primary N) is 1. The number of nitrogens with one attached hydrogen (secondary N) is 1. The molecule has 0 spiro atoms. The number of benzene rings is 1. The second kappa shape index (κ2) is 6.91. The smallest absolute Gasteiger partial charge is 0.227 e. The summed E-state index contributed by atoms with van der Waals surface area (Å²) in [6.45, 7) is 0.291. The van der Waals surface area contributed by atoms with Gasteiger partial charge in [0, 0.05) is 11.8 Å². The Bertz CT molecular complexity index is 587. The third-order valence-corrected chi connectivity index (χ3v) is 2.94. The molecule has 0 aliphatic carbocycles. The topological polar surface area (TPSA) is 77.2 Å². The minimum atomic E-state index is -0.127. The molecule has 0 unspecified atom stereocenters. The third kappa shape index (κ3) is 4.55. The van der Waals surface area contributed by atoms with Gasteiger partial charge in [0.25, 0.3) is 0 Å². The fraction of sp³-hybridized carbons (Fsp3) is 0.143. The van der Waals surface area contributed by atoms with Crippen LogP contribution in [0.3, 0.4) is 0 Å². The second-order valence-electron chi connectivity index (χ2n) is 4.09. The van der Waals surface area contributed by atoms with E-state index in [4.69, 9.17) is 10.5 Å². The molecule has 3 N–H and O–H groups in total. The van der Waals surface area contributed by atoms with Crippen LogP contribution in [-0.4, -0.2) is 17.5 Å². The van der Waals surface area contributed by atoms with Crippen LogP contribution in [-0.2, 0) is 4.79 Å². The maximum absolute atomic E-state index is 11.7. The zero-order valence-corrected chi connectivity index (χ0v) is 12.3. The Balaban J connectivity index is 1.76. The Morgan fingerprint density at radius 3 is 2.90 bits per heavy atom. The van der Waals surface area contributed by atoms with E-state index in [0.29, 0.717) is 23.7 Å². The molecule has 6 heteroatoms. The molecule has 0 saturated carbocycles. The number of hydrogen-bond acceptors (Lipinski definition) is 4. The lowest BCUT2D eigenvalue weighted by Gasteiger charge is -2.07. The maximum Gasteiger partial charge on any atom is 0.227 e. The molecule has 0 aliphatic heterocycles. The minimum absolute atomic E-state index is 0.127. The second-order valence-corrected chi connectivity index (χ2v) is 4.90. The number of hydrogen-bond donors (Lipinski definition) is 2. The Kier molecular flexibility index (Phi) is 4.95. The van der Waals surface area contributed by atoms with Crippen LogP contribution in [0, 0.1) is 0 Å². The van der Waals surface area contributed by atoms with Crippen molar-refractivity contribution in [2.75, 3.05) is 17.7 Å². The van der Waals surface area contributed by atoms with Crippen molar-refractivity contribution in [1.29, 1.82) is 0 Å². The summed E-state index contributed by atoms with van der Waals surface area (Å²) in [5.41, 5.74) is 6.92. The van der Waals surface area contributed by atoms with Crippen LogP contribution in [0.1, 0.15) is 6.42 Å². The zero-order valence-electron chi connectivity index (χ0n) is 10.7. The molecule has 1 aromatic heterocycles. The quantitative estimate of drug-likeness (QED) is 0.650. The molecular weight excluding hydrogens is 322 g/mol. The van der Waals surface area contributed by atoms with Gasteiger partial charge in [-0.05, 0) is 40.2 Å². The van der Waals surface area contributed by atoms with Gasteiger partial charge in [-0.3, -0.25) is 4.79 Å². The SMILES string of the molecule is Nc1cccc(OCCC(=O)Nc2ccc(Br)nc2)c1. The van der Waals surface area contributed by atoms with Crippen molar-refractivity contribution in [3.63, 3.8) is 0 Å². The largest absolute Gasteiger partial charge is 0.493 e. The lowest BCUT2D eigenvalue weighted by atomic mass is 10.3. The number of ether oxygens (including phenoxy) is 1. The van der Waals surface area contributed by atoms with Crippen LogP contribution in [0.4, 0.5) is 11.4 Å². The molecule has 5 nitrogen and oxygen atoms in total. The van der Waals surface area contributed by atoms with Gasteiger partial charge in [0.2, 0.25) is 5.91 Å². The third-order valence-electron chi connectivity index (χ3n) is 2.47. The lowest BCUT2D eigenvalue weighted by Crippen LogP contribution is -2.15. The molecule has 0 saturated heterocycles. The molecule has 0 bridgehead atoms. The molecule has 0 radical (unpaired) electrons. The fourth-order valence-corrected chi connectivity index (χ4v) is 1.77. The maximum atomic E-state index is 11.7. The highest BCUT2D eigenvalue weighted by atomic mass is 79.9. The van der Waals surface area contributed by atoms with Crippen LogP contribution in [0.2, 0.25) is 0 Å². The molecule has 0 atom stereocenters. The molecule has 2 rings (SSSR count). The van der Waals surface area contributed by atoms with E-state index < -0.39 is 0 Å². The van der Waals surface area contributed by atoms with E-state index in [1.165, 1.54) is 0 Å². The lowest BCUT2D eigenvalue weighted by molar-refractivity contribution is -0.116. The number of anilines is 2. The monoisotopic (exact) mass is 335 g/mol. The van der Waals surface area contributed by atoms with Crippen molar-refractivity contribution in [3.8, 4) is 5.75 Å². The van der Waals surface area contributed by atoms with E-state index in [-0.39, 0.29) is 12.3 Å². The average Bonchev–Trinajstić information content (AvgIpc) is 2.41. The molecule has 2 aromatic rings. The first-order valence-electron chi connectivity index (χ1n) is 6.03. The first-order chi connectivity index (χ1) is 9.63. The van der Waals surface area contributed by atoms with Gasteiger partial charge in [-0.15, -0.1) is 0 Å². The molecule has 0 fully saturated rings. The summed E-state index contributed by atoms with van der Waals surface area (Å²) in [5.74, 6) is 0.529. The normalized spacial score (nSPS) is 10.1. The number of carbonyl (C=O) groups excluding carboxylic acids is 1. The summed E-state index contributed by atoms with van der Waals surface area (Å²) < 4.78 is 6.17. The summed E-state index contributed by atoms with van der Waals surface area (Å²) in [6.07, 6.45) is 1.84. The predicted octanol–water partition coefficient (Wildman–Crippen LogP) is 2.83. The molecule has 0 aliphatic rings. The van der Waals surface area contributed by atoms with Gasteiger partial charge in [0.1, 0.15) is 10.4 Å². The van der Waals surface area contributed by atoms with Gasteiger partial charge < -0.3 is 15.8 Å². The van der Waals surface area contributed by atoms with Gasteiger partial charge in [0.15, 0.2) is 0 Å². The highest BCUT2D eigenvalue weighted by molar-refractivity contribution is 9.10. The summed E-state index contributed by atoms with van der Waals surface area (Å²) in [7, 11) is 0. The Hall–Kier alpha value is -2.08. The number of pyridine rings is 1. The number of amides is 1. The van der Waals surface area contributed by atoms with Crippen LogP contribution in [0.5, 0.6) is 5.75 Å². The summed E-state index contributed by atoms with van der Waals surface area (Å²) in [6, 6.07) is 10.6. The summed E-state index contributed by atoms with van der Waals surface area (Å²) in [4.78, 5) is 15.7. The van der Waals surface area contributed by atoms with Crippen molar-refractivity contribution in [3.05, 3.63) is 47.2 Å². The van der Waals surface area contributed by atoms with E-state index in [1.54, 1.807) is 42.6 Å². The number of halogens is 1. The Labute approximate surface area is 125 Å². The van der Waals surface area contributed by atoms with E-state index in [1.807, 2.05) is 0 Å². The van der Waals surface area contributed by atoms with Crippen molar-refractivity contribution in [2.45, 2.75) is 6.42 Å². The average molecular weight is 336 g/mol. The molecular formula is C14H14BrN3O2. The number of rotatable bonds is 5. The van der Waals surface area contributed by atoms with E-state index in [2.05, 4.69) is 26.2 Å². The fourth-order valence-electron chi connectivity index (χ4n) is 1.54. The van der Waals surface area contributed by atoms with Gasteiger partial charge in [-0.25, -0.2) is 4.98 Å². The van der Waals surface area contributed by atoms with Gasteiger partial charge in [0.05, 0.1) is 24.9 Å². The van der Waals surface area contributed by atoms with Crippen LogP contribution >= 0.6 is 15.9 Å². The standard InChI is InChI=1S/C14H14BrN3O2/c15-13-5-4-11(9-17-13)18-14(19)6-7-20-12-3-1-2-10(16)8-12/h1-5,8-9H,6-7,16H2,(H,18,19). The highest BCUT2D eigenvalue weighted by Crippen LogP contribution is 2.15. The van der Waals surface area contributed by atoms with Crippen LogP contribution in [0.15, 0.2) is 47.2 Å². The molecule has 1 aromatic carbocycles. The number of aromatic nitrogens is 1. The Morgan fingerprint density at radius 1 is 1.35 bits per heavy atom. The molecule has 104 valence electrons. The van der Waals surface area contributed by atoms with Crippen LogP contribution < -0.4 is 15.8 Å². The molecule has 1 heterocycles. The van der Waals surface area contributed by atoms with Crippen molar-refractivity contribution in [1.82, 2.24) is 4.98 Å². The van der Waals surface area contributed by atoms with E-state index in [0.717, 1.165) is 4.60 Å². The summed E-state index contributed by atoms with van der Waals surface area (Å²) >= 11 is 3.23. The number of carbonyl (C=O) groups is 1. The van der Waals surface area contributed by atoms with Crippen molar-refractivity contribution < 1.29 is 9.53 Å². The summed E-state index contributed by atoms with van der Waals surface area (Å²) in [5, 5.41) is 2.74. The van der Waals surface area contributed by atoms with Gasteiger partial charge in [-0.2, -0.15) is 0 Å². The van der Waals surface area contributed by atoms with E-state index >= 15 is 0 Å². The first kappa shape index (κ1) is 14.3. The number of nitrogen functional groups attached to an aromatic ring is 1. The Morgan fingerprint density at radius 2 is 2.20 bits per heavy atom.